The lowest BCUT2D eigenvalue weighted by Gasteiger charge is -2.42. The van der Waals surface area contributed by atoms with E-state index >= 15 is 0 Å². The van der Waals surface area contributed by atoms with Gasteiger partial charge in [-0.2, -0.15) is 4.79 Å². The van der Waals surface area contributed by atoms with Gasteiger partial charge in [0.05, 0.1) is 7.05 Å². The highest BCUT2D eigenvalue weighted by Gasteiger charge is 2.50. The van der Waals surface area contributed by atoms with Crippen molar-refractivity contribution in [2.45, 2.75) is 64.8 Å². The molecule has 0 aliphatic rings. The van der Waals surface area contributed by atoms with Crippen molar-refractivity contribution >= 4 is 18.1 Å². The number of rotatable bonds is 10. The molecule has 0 aromatic heterocycles. The first kappa shape index (κ1) is 27.9. The van der Waals surface area contributed by atoms with Crippen LogP contribution in [0.1, 0.15) is 57.7 Å². The molecule has 35 heavy (non-hydrogen) atoms. The van der Waals surface area contributed by atoms with Gasteiger partial charge in [0, 0.05) is 18.5 Å². The van der Waals surface area contributed by atoms with Crippen LogP contribution >= 0.6 is 0 Å². The largest absolute Gasteiger partial charge is 0.517 e. The number of hydrogen-bond acceptors (Lipinski definition) is 5. The predicted molar refractivity (Wildman–Crippen MR) is 134 cm³/mol. The van der Waals surface area contributed by atoms with E-state index in [1.807, 2.05) is 67.6 Å². The molecule has 0 aliphatic carbocycles. The zero-order chi connectivity index (χ0) is 26.1. The normalized spacial score (nSPS) is 14.8. The summed E-state index contributed by atoms with van der Waals surface area (Å²) in [5.41, 5.74) is 6.85. The first-order chi connectivity index (χ1) is 16.4. The second-order valence-corrected chi connectivity index (χ2v) is 9.76. The van der Waals surface area contributed by atoms with Crippen molar-refractivity contribution in [3.8, 4) is 0 Å². The first-order valence-electron chi connectivity index (χ1n) is 11.8. The lowest BCUT2D eigenvalue weighted by molar-refractivity contribution is -0.884. The summed E-state index contributed by atoms with van der Waals surface area (Å²) in [5.74, 6) is -0.604. The fraction of sp³-hybridized carbons (Fsp3) is 0.444. The van der Waals surface area contributed by atoms with Crippen molar-refractivity contribution < 1.29 is 28.3 Å². The van der Waals surface area contributed by atoms with Gasteiger partial charge in [-0.3, -0.25) is 4.79 Å². The summed E-state index contributed by atoms with van der Waals surface area (Å²) >= 11 is 0. The Hall–Kier alpha value is -3.39. The van der Waals surface area contributed by atoms with E-state index in [-0.39, 0.29) is 24.1 Å². The number of ether oxygens (including phenoxy) is 2. The maximum absolute atomic E-state index is 13.5. The predicted octanol–water partition coefficient (Wildman–Crippen LogP) is 4.69. The minimum absolute atomic E-state index is 0.165. The molecule has 2 rings (SSSR count). The maximum atomic E-state index is 13.5. The summed E-state index contributed by atoms with van der Waals surface area (Å²) in [4.78, 5) is 38.1. The van der Waals surface area contributed by atoms with E-state index in [1.165, 1.54) is 0 Å². The number of likely N-dealkylation sites (N-methyl/N-ethyl adjacent to an activating group) is 1. The van der Waals surface area contributed by atoms with Gasteiger partial charge in [0.1, 0.15) is 18.2 Å². The number of carbonyl (C=O) groups excluding carboxylic acids is 3. The van der Waals surface area contributed by atoms with Crippen molar-refractivity contribution in [2.75, 3.05) is 13.6 Å². The van der Waals surface area contributed by atoms with Gasteiger partial charge in [0.2, 0.25) is 0 Å². The number of primary amides is 1. The third-order valence-electron chi connectivity index (χ3n) is 5.99. The Labute approximate surface area is 208 Å². The van der Waals surface area contributed by atoms with E-state index < -0.39 is 35.8 Å². The van der Waals surface area contributed by atoms with E-state index in [9.17, 15) is 14.4 Å². The zero-order valence-corrected chi connectivity index (χ0v) is 21.3. The van der Waals surface area contributed by atoms with Crippen molar-refractivity contribution in [1.29, 1.82) is 0 Å². The molecule has 0 heterocycles. The first-order valence-corrected chi connectivity index (χ1v) is 11.8. The van der Waals surface area contributed by atoms with Crippen LogP contribution in [-0.4, -0.2) is 47.8 Å². The standard InChI is InChI=1S/C27H37N3O5/c1-20(22-15-10-7-11-16-22)30(5,26(33)35-27(2,3)4)23(24(28)31)17-12-18-29-25(32)34-19-21-13-8-6-9-14-21/h6-11,13-16,20,23H,12,17-19H2,1-5H3,(H2-,28,29,31,32)/p+1/t20?,23-,30-/m1/s1. The molecular weight excluding hydrogens is 446 g/mol. The molecule has 3 N–H and O–H groups in total. The Bertz CT molecular complexity index is 975. The summed E-state index contributed by atoms with van der Waals surface area (Å²) < 4.78 is 10.6. The Morgan fingerprint density at radius 3 is 2.11 bits per heavy atom. The van der Waals surface area contributed by atoms with Crippen LogP contribution in [0.25, 0.3) is 0 Å². The molecule has 0 spiro atoms. The van der Waals surface area contributed by atoms with Crippen LogP contribution in [-0.2, 0) is 20.9 Å². The molecule has 8 nitrogen and oxygen atoms in total. The average molecular weight is 485 g/mol. The third-order valence-corrected chi connectivity index (χ3v) is 5.99. The smallest absolute Gasteiger partial charge is 0.445 e. The van der Waals surface area contributed by atoms with Gasteiger partial charge in [0.25, 0.3) is 5.91 Å². The van der Waals surface area contributed by atoms with Crippen LogP contribution in [0.5, 0.6) is 0 Å². The average Bonchev–Trinajstić information content (AvgIpc) is 2.81. The number of carbonyl (C=O) groups is 3. The van der Waals surface area contributed by atoms with E-state index in [0.29, 0.717) is 6.42 Å². The van der Waals surface area contributed by atoms with Gasteiger partial charge in [-0.05, 0) is 39.7 Å². The molecule has 2 aromatic carbocycles. The lowest BCUT2D eigenvalue weighted by Crippen LogP contribution is -2.63. The van der Waals surface area contributed by atoms with Crippen LogP contribution < -0.4 is 11.1 Å². The second kappa shape index (κ2) is 12.4. The van der Waals surface area contributed by atoms with Crippen molar-refractivity contribution in [1.82, 2.24) is 5.32 Å². The fourth-order valence-electron chi connectivity index (χ4n) is 3.89. The van der Waals surface area contributed by atoms with Gasteiger partial charge < -0.3 is 20.5 Å². The monoisotopic (exact) mass is 484 g/mol. The maximum Gasteiger partial charge on any atom is 0.517 e. The van der Waals surface area contributed by atoms with Gasteiger partial charge >= 0.3 is 12.2 Å². The molecular formula is C27H38N3O5+. The van der Waals surface area contributed by atoms with Gasteiger partial charge in [-0.1, -0.05) is 60.7 Å². The molecule has 190 valence electrons. The van der Waals surface area contributed by atoms with Crippen LogP contribution in [0.2, 0.25) is 0 Å². The Morgan fingerprint density at radius 1 is 1.00 bits per heavy atom. The number of benzene rings is 2. The van der Waals surface area contributed by atoms with E-state index in [4.69, 9.17) is 15.2 Å². The molecule has 2 aromatic rings. The summed E-state index contributed by atoms with van der Waals surface area (Å²) in [5, 5.41) is 2.69. The Kier molecular flexibility index (Phi) is 9.83. The number of amides is 3. The highest BCUT2D eigenvalue weighted by atomic mass is 16.6. The van der Waals surface area contributed by atoms with Crippen LogP contribution in [0.15, 0.2) is 60.7 Å². The quantitative estimate of drug-likeness (QED) is 0.376. The Morgan fingerprint density at radius 2 is 1.57 bits per heavy atom. The molecule has 3 amide bonds. The minimum Gasteiger partial charge on any atom is -0.445 e. The van der Waals surface area contributed by atoms with E-state index in [0.717, 1.165) is 11.1 Å². The summed E-state index contributed by atoms with van der Waals surface area (Å²) in [6.45, 7) is 7.67. The van der Waals surface area contributed by atoms with Crippen molar-refractivity contribution in [2.24, 2.45) is 5.73 Å². The molecule has 8 heteroatoms. The summed E-state index contributed by atoms with van der Waals surface area (Å²) in [6.07, 6.45) is -0.382. The number of quaternary nitrogens is 1. The second-order valence-electron chi connectivity index (χ2n) is 9.76. The molecule has 0 saturated heterocycles. The molecule has 1 unspecified atom stereocenters. The topological polar surface area (TPSA) is 108 Å². The number of nitrogens with two attached hydrogens (primary N) is 1. The SMILES string of the molecule is CC(c1ccccc1)[N@@+](C)(C(=O)OC(C)(C)C)[C@H](CCCNC(=O)OCc1ccccc1)C(N)=O. The highest BCUT2D eigenvalue weighted by Crippen LogP contribution is 2.34. The molecule has 3 atom stereocenters. The lowest BCUT2D eigenvalue weighted by atomic mass is 9.99. The highest BCUT2D eigenvalue weighted by molar-refractivity contribution is 5.81. The van der Waals surface area contributed by atoms with Gasteiger partial charge in [-0.15, -0.1) is 0 Å². The van der Waals surface area contributed by atoms with E-state index in [1.54, 1.807) is 27.8 Å². The number of hydrogen-bond donors (Lipinski definition) is 2. The summed E-state index contributed by atoms with van der Waals surface area (Å²) in [6, 6.07) is 17.6. The molecule has 0 aliphatic heterocycles. The third kappa shape index (κ3) is 8.10. The van der Waals surface area contributed by atoms with Crippen LogP contribution in [0.3, 0.4) is 0 Å². The number of alkyl carbamates (subject to hydrolysis) is 1. The number of nitrogens with one attached hydrogen (secondary N) is 1. The Balaban J connectivity index is 2.09. The summed E-state index contributed by atoms with van der Waals surface area (Å²) in [7, 11) is 1.68. The van der Waals surface area contributed by atoms with E-state index in [2.05, 4.69) is 5.32 Å². The van der Waals surface area contributed by atoms with Crippen LogP contribution in [0, 0.1) is 0 Å². The van der Waals surface area contributed by atoms with Gasteiger partial charge in [0.15, 0.2) is 6.04 Å². The minimum atomic E-state index is -0.859. The zero-order valence-electron chi connectivity index (χ0n) is 21.3. The fourth-order valence-corrected chi connectivity index (χ4v) is 3.89. The molecule has 0 saturated carbocycles. The van der Waals surface area contributed by atoms with Crippen LogP contribution in [0.4, 0.5) is 9.59 Å². The molecule has 0 bridgehead atoms. The molecule has 0 fully saturated rings. The number of nitrogens with zero attached hydrogens (tertiary/aromatic N) is 1. The molecule has 0 radical (unpaired) electrons. The van der Waals surface area contributed by atoms with Crippen molar-refractivity contribution in [3.05, 3.63) is 71.8 Å². The van der Waals surface area contributed by atoms with Gasteiger partial charge in [-0.25, -0.2) is 9.28 Å². The van der Waals surface area contributed by atoms with Crippen molar-refractivity contribution in [3.63, 3.8) is 0 Å².